The van der Waals surface area contributed by atoms with Crippen LogP contribution in [0.4, 0.5) is 10.5 Å². The largest absolute Gasteiger partial charge is 0.496 e. The van der Waals surface area contributed by atoms with E-state index < -0.39 is 0 Å². The van der Waals surface area contributed by atoms with E-state index in [0.717, 1.165) is 12.0 Å². The van der Waals surface area contributed by atoms with E-state index in [1.54, 1.807) is 23.1 Å². The minimum Gasteiger partial charge on any atom is -0.496 e. The van der Waals surface area contributed by atoms with Gasteiger partial charge in [0.25, 0.3) is 5.91 Å². The van der Waals surface area contributed by atoms with Gasteiger partial charge in [0.1, 0.15) is 5.75 Å². The van der Waals surface area contributed by atoms with Crippen LogP contribution in [0.5, 0.6) is 5.75 Å². The fourth-order valence-corrected chi connectivity index (χ4v) is 2.95. The maximum Gasteiger partial charge on any atom is 0.409 e. The van der Waals surface area contributed by atoms with Gasteiger partial charge in [-0.15, -0.1) is 0 Å². The van der Waals surface area contributed by atoms with Crippen LogP contribution in [-0.4, -0.2) is 37.7 Å². The Morgan fingerprint density at radius 1 is 1.08 bits per heavy atom. The third-order valence-electron chi connectivity index (χ3n) is 4.26. The van der Waals surface area contributed by atoms with Crippen LogP contribution < -0.4 is 10.1 Å². The molecule has 0 saturated carbocycles. The Bertz CT molecular complexity index is 804. The van der Waals surface area contributed by atoms with Crippen molar-refractivity contribution in [1.29, 1.82) is 0 Å². The number of amides is 2. The van der Waals surface area contributed by atoms with E-state index in [-0.39, 0.29) is 12.0 Å². The molecule has 0 fully saturated rings. The summed E-state index contributed by atoms with van der Waals surface area (Å²) in [4.78, 5) is 25.9. The molecule has 2 amide bonds. The number of anilines is 1. The highest BCUT2D eigenvalue weighted by molar-refractivity contribution is 6.06. The van der Waals surface area contributed by atoms with Gasteiger partial charge in [-0.25, -0.2) is 4.79 Å². The van der Waals surface area contributed by atoms with Gasteiger partial charge in [0.2, 0.25) is 0 Å². The average molecular weight is 340 g/mol. The Labute approximate surface area is 146 Å². The van der Waals surface area contributed by atoms with Gasteiger partial charge in [-0.3, -0.25) is 4.79 Å². The number of nitrogens with zero attached hydrogens (tertiary/aromatic N) is 1. The quantitative estimate of drug-likeness (QED) is 0.932. The first-order valence-corrected chi connectivity index (χ1v) is 8.01. The number of carbonyl (C=O) groups is 2. The van der Waals surface area contributed by atoms with Crippen LogP contribution in [0.3, 0.4) is 0 Å². The van der Waals surface area contributed by atoms with Gasteiger partial charge < -0.3 is 19.7 Å². The van der Waals surface area contributed by atoms with Crippen molar-refractivity contribution in [3.8, 4) is 5.75 Å². The standard InChI is InChI=1S/C19H20N2O4/c1-24-17-6-4-3-5-16(17)18(22)20-15-8-7-13-9-10-21(19(23)25-2)12-14(13)11-15/h3-8,11H,9-10,12H2,1-2H3,(H,20,22). The monoisotopic (exact) mass is 340 g/mol. The fraction of sp³-hybridized carbons (Fsp3) is 0.263. The first-order valence-electron chi connectivity index (χ1n) is 8.01. The molecule has 1 heterocycles. The molecule has 0 atom stereocenters. The minimum atomic E-state index is -0.339. The zero-order chi connectivity index (χ0) is 17.8. The zero-order valence-corrected chi connectivity index (χ0v) is 14.2. The Morgan fingerprint density at radius 3 is 2.64 bits per heavy atom. The predicted molar refractivity (Wildman–Crippen MR) is 93.9 cm³/mol. The van der Waals surface area contributed by atoms with Crippen LogP contribution in [0.25, 0.3) is 0 Å². The number of rotatable bonds is 3. The van der Waals surface area contributed by atoms with Gasteiger partial charge in [0, 0.05) is 18.8 Å². The van der Waals surface area contributed by atoms with Gasteiger partial charge in [0.05, 0.1) is 19.8 Å². The van der Waals surface area contributed by atoms with Crippen molar-refractivity contribution in [1.82, 2.24) is 4.90 Å². The summed E-state index contributed by atoms with van der Waals surface area (Å²) in [7, 11) is 2.91. The summed E-state index contributed by atoms with van der Waals surface area (Å²) in [5.41, 5.74) is 3.34. The summed E-state index contributed by atoms with van der Waals surface area (Å²) in [5, 5.41) is 2.89. The van der Waals surface area contributed by atoms with Crippen LogP contribution in [-0.2, 0) is 17.7 Å². The van der Waals surface area contributed by atoms with Crippen molar-refractivity contribution >= 4 is 17.7 Å². The average Bonchev–Trinajstić information content (AvgIpc) is 2.66. The van der Waals surface area contributed by atoms with Crippen molar-refractivity contribution in [2.75, 3.05) is 26.1 Å². The molecule has 0 aromatic heterocycles. The van der Waals surface area contributed by atoms with Crippen molar-refractivity contribution < 1.29 is 19.1 Å². The first kappa shape index (κ1) is 16.8. The molecule has 0 spiro atoms. The van der Waals surface area contributed by atoms with E-state index >= 15 is 0 Å². The van der Waals surface area contributed by atoms with Crippen LogP contribution in [0.15, 0.2) is 42.5 Å². The van der Waals surface area contributed by atoms with Crippen LogP contribution in [0.2, 0.25) is 0 Å². The van der Waals surface area contributed by atoms with Crippen LogP contribution in [0.1, 0.15) is 21.5 Å². The summed E-state index contributed by atoms with van der Waals surface area (Å²) in [5.74, 6) is 0.285. The maximum absolute atomic E-state index is 12.5. The van der Waals surface area contributed by atoms with Crippen molar-refractivity contribution in [2.24, 2.45) is 0 Å². The van der Waals surface area contributed by atoms with Gasteiger partial charge >= 0.3 is 6.09 Å². The van der Waals surface area contributed by atoms with E-state index in [4.69, 9.17) is 9.47 Å². The minimum absolute atomic E-state index is 0.238. The molecule has 6 nitrogen and oxygen atoms in total. The molecule has 0 aliphatic carbocycles. The maximum atomic E-state index is 12.5. The lowest BCUT2D eigenvalue weighted by molar-refractivity contribution is 0.102. The van der Waals surface area contributed by atoms with E-state index in [1.807, 2.05) is 24.3 Å². The molecule has 6 heteroatoms. The number of hydrogen-bond acceptors (Lipinski definition) is 4. The molecule has 130 valence electrons. The number of para-hydroxylation sites is 1. The lowest BCUT2D eigenvalue weighted by atomic mass is 9.99. The van der Waals surface area contributed by atoms with Crippen LogP contribution >= 0.6 is 0 Å². The second-order valence-corrected chi connectivity index (χ2v) is 5.78. The van der Waals surface area contributed by atoms with Gasteiger partial charge in [-0.1, -0.05) is 18.2 Å². The molecule has 25 heavy (non-hydrogen) atoms. The number of ether oxygens (including phenoxy) is 2. The molecule has 0 radical (unpaired) electrons. The van der Waals surface area contributed by atoms with Crippen molar-refractivity contribution in [3.63, 3.8) is 0 Å². The number of benzene rings is 2. The topological polar surface area (TPSA) is 67.9 Å². The smallest absolute Gasteiger partial charge is 0.409 e. The highest BCUT2D eigenvalue weighted by atomic mass is 16.5. The van der Waals surface area contributed by atoms with Crippen molar-refractivity contribution in [3.05, 3.63) is 59.2 Å². The molecule has 2 aromatic rings. The SMILES string of the molecule is COC(=O)N1CCc2ccc(NC(=O)c3ccccc3OC)cc2C1. The summed E-state index contributed by atoms with van der Waals surface area (Å²) < 4.78 is 10.0. The summed E-state index contributed by atoms with van der Waals surface area (Å²) in [6, 6.07) is 12.8. The van der Waals surface area contributed by atoms with Gasteiger partial charge in [-0.05, 0) is 41.8 Å². The molecule has 3 rings (SSSR count). The van der Waals surface area contributed by atoms with E-state index in [9.17, 15) is 9.59 Å². The second-order valence-electron chi connectivity index (χ2n) is 5.78. The Morgan fingerprint density at radius 2 is 1.88 bits per heavy atom. The molecular formula is C19H20N2O4. The third-order valence-corrected chi connectivity index (χ3v) is 4.26. The summed E-state index contributed by atoms with van der Waals surface area (Å²) in [6.07, 6.45) is 0.430. The summed E-state index contributed by atoms with van der Waals surface area (Å²) in [6.45, 7) is 1.10. The molecule has 1 aliphatic rings. The van der Waals surface area contributed by atoms with Gasteiger partial charge in [0.15, 0.2) is 0 Å². The molecule has 2 aromatic carbocycles. The molecular weight excluding hydrogens is 320 g/mol. The molecule has 0 saturated heterocycles. The number of fused-ring (bicyclic) bond motifs is 1. The Balaban J connectivity index is 1.78. The Hall–Kier alpha value is -3.02. The molecule has 0 unspecified atom stereocenters. The van der Waals surface area contributed by atoms with Crippen molar-refractivity contribution in [2.45, 2.75) is 13.0 Å². The summed E-state index contributed by atoms with van der Waals surface area (Å²) >= 11 is 0. The molecule has 0 bridgehead atoms. The highest BCUT2D eigenvalue weighted by Crippen LogP contribution is 2.24. The number of hydrogen-bond donors (Lipinski definition) is 1. The zero-order valence-electron chi connectivity index (χ0n) is 14.2. The van der Waals surface area contributed by atoms with E-state index in [1.165, 1.54) is 19.8 Å². The molecule has 1 aliphatic heterocycles. The second kappa shape index (κ2) is 7.25. The third kappa shape index (κ3) is 3.57. The van der Waals surface area contributed by atoms with Gasteiger partial charge in [-0.2, -0.15) is 0 Å². The lowest BCUT2D eigenvalue weighted by Gasteiger charge is -2.28. The Kier molecular flexibility index (Phi) is 4.88. The fourth-order valence-electron chi connectivity index (χ4n) is 2.95. The molecule has 1 N–H and O–H groups in total. The number of nitrogens with one attached hydrogen (secondary N) is 1. The highest BCUT2D eigenvalue weighted by Gasteiger charge is 2.21. The normalized spacial score (nSPS) is 13.0. The first-order chi connectivity index (χ1) is 12.1. The van der Waals surface area contributed by atoms with E-state index in [2.05, 4.69) is 5.32 Å². The lowest BCUT2D eigenvalue weighted by Crippen LogP contribution is -2.35. The predicted octanol–water partition coefficient (Wildman–Crippen LogP) is 3.07. The van der Waals surface area contributed by atoms with Crippen LogP contribution in [0, 0.1) is 0 Å². The van der Waals surface area contributed by atoms with E-state index in [0.29, 0.717) is 30.1 Å². The number of methoxy groups -OCH3 is 2. The number of carbonyl (C=O) groups excluding carboxylic acids is 2.